The normalized spacial score (nSPS) is 12.6. The molecule has 0 saturated heterocycles. The summed E-state index contributed by atoms with van der Waals surface area (Å²) in [6.45, 7) is 8.89. The fraction of sp³-hybridized carbons (Fsp3) is 0.0526. The van der Waals surface area contributed by atoms with Gasteiger partial charge in [-0.25, -0.2) is 29.9 Å². The number of fused-ring (bicyclic) bond motifs is 17. The lowest BCUT2D eigenvalue weighted by Gasteiger charge is -2.39. The summed E-state index contributed by atoms with van der Waals surface area (Å²) < 4.78 is 10.6. The maximum Gasteiger partial charge on any atom is 0.176 e. The Balaban J connectivity index is 1.01. The smallest absolute Gasteiger partial charge is 0.176 e. The van der Waals surface area contributed by atoms with Crippen molar-refractivity contribution < 1.29 is 0 Å². The summed E-state index contributed by atoms with van der Waals surface area (Å²) in [4.78, 5) is 32.7. The number of rotatable bonds is 10. The van der Waals surface area contributed by atoms with Crippen molar-refractivity contribution in [2.24, 2.45) is 0 Å². The van der Waals surface area contributed by atoms with E-state index < -0.39 is 5.66 Å². The number of nitrogens with zero attached hydrogens (tertiary/aromatic N) is 10. The molecule has 105 heavy (non-hydrogen) atoms. The van der Waals surface area contributed by atoms with E-state index in [0.717, 1.165) is 154 Å². The van der Waals surface area contributed by atoms with E-state index in [2.05, 4.69) is 289 Å². The summed E-state index contributed by atoms with van der Waals surface area (Å²) >= 11 is 0. The minimum absolute atomic E-state index is 0.544. The second-order valence-corrected chi connectivity index (χ2v) is 28.0. The number of para-hydroxylation sites is 4. The Morgan fingerprint density at radius 1 is 0.229 bits per heavy atom. The second-order valence-electron chi connectivity index (χ2n) is 28.0. The Labute approximate surface area is 604 Å². The number of hydrogen-bond acceptors (Lipinski definition) is 6. The molecule has 0 bridgehead atoms. The lowest BCUT2D eigenvalue weighted by molar-refractivity contribution is 0.416. The third kappa shape index (κ3) is 8.96. The van der Waals surface area contributed by atoms with Crippen molar-refractivity contribution in [3.63, 3.8) is 0 Å². The van der Waals surface area contributed by atoms with E-state index in [1.807, 2.05) is 72.8 Å². The highest BCUT2D eigenvalue weighted by atomic mass is 15.3. The van der Waals surface area contributed by atoms with Crippen molar-refractivity contribution in [2.45, 2.75) is 33.4 Å². The first-order valence-electron chi connectivity index (χ1n) is 35.8. The molecule has 14 aromatic carbocycles. The molecule has 10 nitrogen and oxygen atoms in total. The molecule has 0 aliphatic heterocycles. The lowest BCUT2D eigenvalue weighted by Crippen LogP contribution is -2.42. The molecule has 10 heteroatoms. The second kappa shape index (κ2) is 23.2. The highest BCUT2D eigenvalue weighted by molar-refractivity contribution is 6.26. The van der Waals surface area contributed by atoms with Gasteiger partial charge >= 0.3 is 0 Å². The molecule has 0 atom stereocenters. The van der Waals surface area contributed by atoms with E-state index in [9.17, 15) is 0 Å². The third-order valence-electron chi connectivity index (χ3n) is 21.8. The van der Waals surface area contributed by atoms with Crippen LogP contribution in [0.1, 0.15) is 33.4 Å². The SMILES string of the molecule is Cc1ccc(-n2c3ccccc3c3ccc4c5ccccc5n(C5(n6c7ccccc7c7ccc8c9ccccc9n(-c9ccc(C)cc9C)c8c76)c6cc(-c7nc(-c8ccccc8)nc(-c8ccccc8)n7)ccc6-c6ccc(-c7nc(-c8ccccc8)nc(-c8ccccc8)n7)cc65)c4c32)c(C)c1. The molecule has 0 unspecified atom stereocenters. The number of hydrogen-bond donors (Lipinski definition) is 0. The Morgan fingerprint density at radius 3 is 0.848 bits per heavy atom. The quantitative estimate of drug-likeness (QED) is 0.135. The van der Waals surface area contributed by atoms with Crippen molar-refractivity contribution in [2.75, 3.05) is 0 Å². The van der Waals surface area contributed by atoms with Gasteiger partial charge in [0, 0.05) is 99.0 Å². The fourth-order valence-corrected chi connectivity index (χ4v) is 17.3. The average molecular weight is 1350 g/mol. The van der Waals surface area contributed by atoms with Crippen LogP contribution in [0.25, 0.3) is 178 Å². The molecular weight excluding hydrogens is 1280 g/mol. The molecule has 494 valence electrons. The van der Waals surface area contributed by atoms with Crippen LogP contribution < -0.4 is 0 Å². The lowest BCUT2D eigenvalue weighted by atomic mass is 9.91. The first-order valence-corrected chi connectivity index (χ1v) is 35.8. The number of aromatic nitrogens is 10. The van der Waals surface area contributed by atoms with E-state index in [-0.39, 0.29) is 0 Å². The van der Waals surface area contributed by atoms with Crippen molar-refractivity contribution in [3.05, 3.63) is 349 Å². The van der Waals surface area contributed by atoms with E-state index in [4.69, 9.17) is 29.9 Å². The Bertz CT molecular complexity index is 6470. The molecule has 6 aromatic heterocycles. The molecular formula is C95H64N10. The molecule has 0 radical (unpaired) electrons. The molecule has 6 heterocycles. The van der Waals surface area contributed by atoms with Crippen molar-refractivity contribution in [1.29, 1.82) is 0 Å². The largest absolute Gasteiger partial charge is 0.307 e. The topological polar surface area (TPSA) is 97.1 Å². The summed E-state index contributed by atoms with van der Waals surface area (Å²) in [5.74, 6) is 3.40. The van der Waals surface area contributed by atoms with Crippen LogP contribution in [0, 0.1) is 27.7 Å². The van der Waals surface area contributed by atoms with Gasteiger partial charge in [0.15, 0.2) is 40.6 Å². The van der Waals surface area contributed by atoms with E-state index in [1.165, 1.54) is 22.3 Å². The summed E-state index contributed by atoms with van der Waals surface area (Å²) in [7, 11) is 0. The third-order valence-corrected chi connectivity index (χ3v) is 21.8. The van der Waals surface area contributed by atoms with Gasteiger partial charge in [0.25, 0.3) is 0 Å². The van der Waals surface area contributed by atoms with Crippen LogP contribution in [0.2, 0.25) is 0 Å². The monoisotopic (exact) mass is 1340 g/mol. The molecule has 20 aromatic rings. The number of aryl methyl sites for hydroxylation is 4. The van der Waals surface area contributed by atoms with Crippen molar-refractivity contribution >= 4 is 87.2 Å². The molecule has 0 spiro atoms. The Hall–Kier alpha value is -13.7. The summed E-state index contributed by atoms with van der Waals surface area (Å²) in [5.41, 5.74) is 23.5. The van der Waals surface area contributed by atoms with Crippen molar-refractivity contribution in [3.8, 4) is 90.8 Å². The zero-order chi connectivity index (χ0) is 69.8. The van der Waals surface area contributed by atoms with Gasteiger partial charge in [0.2, 0.25) is 0 Å². The molecule has 1 aliphatic rings. The van der Waals surface area contributed by atoms with Gasteiger partial charge in [-0.1, -0.05) is 278 Å². The van der Waals surface area contributed by atoms with E-state index >= 15 is 0 Å². The average Bonchev–Trinajstić information content (AvgIpc) is 1.46. The molecule has 1 aliphatic carbocycles. The zero-order valence-electron chi connectivity index (χ0n) is 58.0. The van der Waals surface area contributed by atoms with Gasteiger partial charge < -0.3 is 18.3 Å². The van der Waals surface area contributed by atoms with Crippen LogP contribution in [0.5, 0.6) is 0 Å². The van der Waals surface area contributed by atoms with Gasteiger partial charge in [-0.15, -0.1) is 0 Å². The first kappa shape index (κ1) is 60.1. The minimum atomic E-state index is -1.41. The zero-order valence-corrected chi connectivity index (χ0v) is 58.0. The van der Waals surface area contributed by atoms with Crippen LogP contribution in [-0.2, 0) is 5.66 Å². The number of benzene rings is 14. The van der Waals surface area contributed by atoms with Gasteiger partial charge in [-0.3, -0.25) is 0 Å². The van der Waals surface area contributed by atoms with Crippen LogP contribution in [-0.4, -0.2) is 48.2 Å². The van der Waals surface area contributed by atoms with Crippen molar-refractivity contribution in [1.82, 2.24) is 48.2 Å². The predicted molar refractivity (Wildman–Crippen MR) is 429 cm³/mol. The molecule has 0 fully saturated rings. The summed E-state index contributed by atoms with van der Waals surface area (Å²) in [6, 6.07) is 114. The highest BCUT2D eigenvalue weighted by Crippen LogP contribution is 2.59. The molecule has 0 amide bonds. The molecule has 0 saturated carbocycles. The first-order chi connectivity index (χ1) is 51.7. The Morgan fingerprint density at radius 2 is 0.514 bits per heavy atom. The van der Waals surface area contributed by atoms with Gasteiger partial charge in [0.05, 0.1) is 44.1 Å². The Kier molecular flexibility index (Phi) is 13.3. The van der Waals surface area contributed by atoms with Gasteiger partial charge in [-0.2, -0.15) is 0 Å². The fourth-order valence-electron chi connectivity index (χ4n) is 17.3. The maximum atomic E-state index is 5.55. The predicted octanol–water partition coefficient (Wildman–Crippen LogP) is 23.0. The van der Waals surface area contributed by atoms with Crippen LogP contribution in [0.3, 0.4) is 0 Å². The molecule has 0 N–H and O–H groups in total. The summed E-state index contributed by atoms with van der Waals surface area (Å²) in [5, 5.41) is 9.03. The maximum absolute atomic E-state index is 5.55. The van der Waals surface area contributed by atoms with Crippen LogP contribution >= 0.6 is 0 Å². The van der Waals surface area contributed by atoms with E-state index in [0.29, 0.717) is 34.9 Å². The summed E-state index contributed by atoms with van der Waals surface area (Å²) in [6.07, 6.45) is 0. The van der Waals surface area contributed by atoms with Gasteiger partial charge in [0.1, 0.15) is 0 Å². The minimum Gasteiger partial charge on any atom is -0.307 e. The van der Waals surface area contributed by atoms with Gasteiger partial charge in [-0.05, 0) is 98.5 Å². The molecule has 21 rings (SSSR count). The van der Waals surface area contributed by atoms with Crippen LogP contribution in [0.15, 0.2) is 315 Å². The van der Waals surface area contributed by atoms with Crippen LogP contribution in [0.4, 0.5) is 0 Å². The van der Waals surface area contributed by atoms with E-state index in [1.54, 1.807) is 0 Å². The standard InChI is InChI=1S/C95H64N10/c1-57-41-51-79(59(3)53-57)102-81-37-21-17-33-69(81)73-47-49-75-71-35-19-23-39-83(71)104(87(75)85(73)102)95(105-84-40-24-20-36-72(84)76-50-48-74-70-34-18-22-38-82(70)103(86(74)88(76)105)80-52-42-58(2)54-60(80)4)77-55-65(93-98-89(61-25-9-5-10-26-61)96-90(99-93)62-27-11-6-12-28-62)43-45-67(77)68-46-44-66(56-78(68)95)94-100-91(63-29-13-7-14-30-63)97-92(101-94)64-31-15-8-16-32-64/h5-56H,1-4H3. The highest BCUT2D eigenvalue weighted by Gasteiger charge is 2.51.